The quantitative estimate of drug-likeness (QED) is 0.804. The summed E-state index contributed by atoms with van der Waals surface area (Å²) in [6.07, 6.45) is 2.93. The summed E-state index contributed by atoms with van der Waals surface area (Å²) in [5.74, 6) is -0.356. The zero-order valence-corrected chi connectivity index (χ0v) is 14.1. The Labute approximate surface area is 137 Å². The second-order valence-electron chi connectivity index (χ2n) is 5.89. The number of sulfonamides is 1. The van der Waals surface area contributed by atoms with E-state index < -0.39 is 10.0 Å². The summed E-state index contributed by atoms with van der Waals surface area (Å²) in [6.45, 7) is 3.54. The third kappa shape index (κ3) is 6.13. The molecule has 3 N–H and O–H groups in total. The molecule has 1 heterocycles. The molecule has 23 heavy (non-hydrogen) atoms. The molecule has 0 radical (unpaired) electrons. The summed E-state index contributed by atoms with van der Waals surface area (Å²) in [5.41, 5.74) is 7.14. The zero-order valence-electron chi connectivity index (χ0n) is 13.2. The maximum atomic E-state index is 12.1. The maximum Gasteiger partial charge on any atom is 0.233 e. The van der Waals surface area contributed by atoms with Crippen molar-refractivity contribution in [2.24, 2.45) is 5.73 Å². The van der Waals surface area contributed by atoms with Crippen LogP contribution in [-0.2, 0) is 14.8 Å². The number of hydrogen-bond donors (Lipinski definition) is 2. The second-order valence-corrected chi connectivity index (χ2v) is 7.49. The Hall–Kier alpha value is -1.70. The van der Waals surface area contributed by atoms with Gasteiger partial charge in [0.1, 0.15) is 0 Å². The molecule has 0 atom stereocenters. The highest BCUT2D eigenvalue weighted by Crippen LogP contribution is 2.12. The topological polar surface area (TPSA) is 92.5 Å². The van der Waals surface area contributed by atoms with E-state index in [0.717, 1.165) is 11.1 Å². The van der Waals surface area contributed by atoms with E-state index in [-0.39, 0.29) is 18.5 Å². The number of likely N-dealkylation sites (tertiary alicyclic amines) is 1. The van der Waals surface area contributed by atoms with Crippen LogP contribution in [0, 0.1) is 6.92 Å². The van der Waals surface area contributed by atoms with Crippen LogP contribution in [0.25, 0.3) is 6.08 Å². The monoisotopic (exact) mass is 337 g/mol. The van der Waals surface area contributed by atoms with E-state index in [9.17, 15) is 13.2 Å². The van der Waals surface area contributed by atoms with Crippen molar-refractivity contribution in [2.45, 2.75) is 25.8 Å². The van der Waals surface area contributed by atoms with E-state index in [0.29, 0.717) is 25.9 Å². The molecule has 0 aliphatic carbocycles. The van der Waals surface area contributed by atoms with E-state index in [1.54, 1.807) is 6.08 Å². The first kappa shape index (κ1) is 17.7. The third-order valence-electron chi connectivity index (χ3n) is 3.81. The van der Waals surface area contributed by atoms with Gasteiger partial charge in [-0.3, -0.25) is 9.69 Å². The summed E-state index contributed by atoms with van der Waals surface area (Å²) in [6, 6.07) is 7.53. The summed E-state index contributed by atoms with van der Waals surface area (Å²) >= 11 is 0. The molecule has 1 aliphatic heterocycles. The first-order chi connectivity index (χ1) is 10.8. The van der Waals surface area contributed by atoms with Crippen molar-refractivity contribution < 1.29 is 13.2 Å². The van der Waals surface area contributed by atoms with Gasteiger partial charge in [0.05, 0.1) is 6.54 Å². The molecule has 1 aliphatic rings. The van der Waals surface area contributed by atoms with Gasteiger partial charge < -0.3 is 5.73 Å². The third-order valence-corrected chi connectivity index (χ3v) is 4.97. The van der Waals surface area contributed by atoms with Gasteiger partial charge in [-0.05, 0) is 31.4 Å². The molecule has 1 saturated heterocycles. The minimum Gasteiger partial charge on any atom is -0.369 e. The predicted octanol–water partition coefficient (Wildman–Crippen LogP) is 0.835. The summed E-state index contributed by atoms with van der Waals surface area (Å²) in [7, 11) is -3.47. The van der Waals surface area contributed by atoms with E-state index in [4.69, 9.17) is 5.73 Å². The lowest BCUT2D eigenvalue weighted by atomic mass is 10.1. The Morgan fingerprint density at radius 2 is 1.91 bits per heavy atom. The average Bonchev–Trinajstić information content (AvgIpc) is 2.48. The van der Waals surface area contributed by atoms with Crippen LogP contribution in [0.2, 0.25) is 0 Å². The van der Waals surface area contributed by atoms with Crippen molar-refractivity contribution in [3.05, 3.63) is 40.8 Å². The van der Waals surface area contributed by atoms with Crippen LogP contribution in [0.4, 0.5) is 0 Å². The molecule has 0 aromatic heterocycles. The number of nitrogens with zero attached hydrogens (tertiary/aromatic N) is 1. The van der Waals surface area contributed by atoms with Gasteiger partial charge in [0.25, 0.3) is 0 Å². The van der Waals surface area contributed by atoms with Gasteiger partial charge in [-0.25, -0.2) is 13.1 Å². The Kier molecular flexibility index (Phi) is 5.92. The first-order valence-corrected chi connectivity index (χ1v) is 9.16. The highest BCUT2D eigenvalue weighted by Gasteiger charge is 2.22. The van der Waals surface area contributed by atoms with Crippen LogP contribution in [0.5, 0.6) is 0 Å². The van der Waals surface area contributed by atoms with Crippen LogP contribution in [0.1, 0.15) is 24.0 Å². The standard InChI is InChI=1S/C16H23N3O3S/c1-13-2-4-14(5-3-13)8-11-23(21,22)18-15-6-9-19(10-7-15)12-16(17)20/h2-5,8,11,15,18H,6-7,9-10,12H2,1H3,(H2,17,20)/b11-8-. The fourth-order valence-corrected chi connectivity index (χ4v) is 3.66. The summed E-state index contributed by atoms with van der Waals surface area (Å²) in [5, 5.41) is 1.20. The number of primary amides is 1. The lowest BCUT2D eigenvalue weighted by Gasteiger charge is -2.30. The molecule has 1 amide bonds. The molecule has 7 heteroatoms. The number of rotatable bonds is 6. The normalized spacial score (nSPS) is 17.6. The number of carbonyl (C=O) groups excluding carboxylic acids is 1. The Bertz CT molecular complexity index is 660. The molecule has 0 bridgehead atoms. The molecule has 0 saturated carbocycles. The molecule has 1 aromatic rings. The number of carbonyl (C=O) groups is 1. The zero-order chi connectivity index (χ0) is 16.9. The van der Waals surface area contributed by atoms with Crippen molar-refractivity contribution in [3.63, 3.8) is 0 Å². The molecule has 2 rings (SSSR count). The van der Waals surface area contributed by atoms with Crippen molar-refractivity contribution in [3.8, 4) is 0 Å². The number of nitrogens with two attached hydrogens (primary N) is 1. The minimum atomic E-state index is -3.47. The first-order valence-electron chi connectivity index (χ1n) is 7.62. The molecular weight excluding hydrogens is 314 g/mol. The second kappa shape index (κ2) is 7.72. The number of nitrogens with one attached hydrogen (secondary N) is 1. The minimum absolute atomic E-state index is 0.105. The van der Waals surface area contributed by atoms with E-state index in [1.165, 1.54) is 5.41 Å². The van der Waals surface area contributed by atoms with E-state index in [1.807, 2.05) is 36.1 Å². The molecule has 126 valence electrons. The number of aryl methyl sites for hydroxylation is 1. The Morgan fingerprint density at radius 1 is 1.30 bits per heavy atom. The van der Waals surface area contributed by atoms with Crippen molar-refractivity contribution in [2.75, 3.05) is 19.6 Å². The van der Waals surface area contributed by atoms with Gasteiger partial charge in [-0.15, -0.1) is 0 Å². The molecule has 1 fully saturated rings. The summed E-state index contributed by atoms with van der Waals surface area (Å²) < 4.78 is 26.9. The summed E-state index contributed by atoms with van der Waals surface area (Å²) in [4.78, 5) is 12.8. The van der Waals surface area contributed by atoms with Gasteiger partial charge in [-0.2, -0.15) is 0 Å². The lowest BCUT2D eigenvalue weighted by molar-refractivity contribution is -0.119. The fourth-order valence-electron chi connectivity index (χ4n) is 2.55. The van der Waals surface area contributed by atoms with Crippen molar-refractivity contribution in [1.29, 1.82) is 0 Å². The molecule has 1 aromatic carbocycles. The number of amides is 1. The smallest absolute Gasteiger partial charge is 0.233 e. The Morgan fingerprint density at radius 3 is 2.48 bits per heavy atom. The van der Waals surface area contributed by atoms with Crippen LogP contribution in [-0.4, -0.2) is 44.9 Å². The van der Waals surface area contributed by atoms with Gasteiger partial charge in [0.2, 0.25) is 15.9 Å². The predicted molar refractivity (Wildman–Crippen MR) is 90.9 cm³/mol. The SMILES string of the molecule is Cc1ccc(/C=C\S(=O)(=O)NC2CCN(CC(N)=O)CC2)cc1. The maximum absolute atomic E-state index is 12.1. The van der Waals surface area contributed by atoms with Crippen molar-refractivity contribution >= 4 is 22.0 Å². The fraction of sp³-hybridized carbons (Fsp3) is 0.438. The number of hydrogen-bond acceptors (Lipinski definition) is 4. The Balaban J connectivity index is 1.87. The number of benzene rings is 1. The van der Waals surface area contributed by atoms with Gasteiger partial charge in [-0.1, -0.05) is 29.8 Å². The van der Waals surface area contributed by atoms with Crippen LogP contribution in [0.15, 0.2) is 29.7 Å². The number of piperidine rings is 1. The van der Waals surface area contributed by atoms with Crippen molar-refractivity contribution in [1.82, 2.24) is 9.62 Å². The highest BCUT2D eigenvalue weighted by molar-refractivity contribution is 7.92. The molecular formula is C16H23N3O3S. The molecule has 0 spiro atoms. The van der Waals surface area contributed by atoms with Gasteiger partial charge in [0.15, 0.2) is 0 Å². The van der Waals surface area contributed by atoms with Crippen LogP contribution >= 0.6 is 0 Å². The average molecular weight is 337 g/mol. The van der Waals surface area contributed by atoms with Gasteiger partial charge in [0, 0.05) is 24.5 Å². The lowest BCUT2D eigenvalue weighted by Crippen LogP contribution is -2.46. The largest absolute Gasteiger partial charge is 0.369 e. The van der Waals surface area contributed by atoms with Crippen LogP contribution in [0.3, 0.4) is 0 Å². The van der Waals surface area contributed by atoms with Gasteiger partial charge >= 0.3 is 0 Å². The molecule has 0 unspecified atom stereocenters. The van der Waals surface area contributed by atoms with E-state index >= 15 is 0 Å². The van der Waals surface area contributed by atoms with E-state index in [2.05, 4.69) is 4.72 Å². The highest BCUT2D eigenvalue weighted by atomic mass is 32.2. The van der Waals surface area contributed by atoms with Crippen LogP contribution < -0.4 is 10.5 Å². The molecule has 6 nitrogen and oxygen atoms in total.